The van der Waals surface area contributed by atoms with Gasteiger partial charge in [-0.1, -0.05) is 24.3 Å². The smallest absolute Gasteiger partial charge is 0.227 e. The lowest BCUT2D eigenvalue weighted by molar-refractivity contribution is -0.123. The van der Waals surface area contributed by atoms with Gasteiger partial charge in [-0.05, 0) is 30.4 Å². The third-order valence-electron chi connectivity index (χ3n) is 3.61. The fraction of sp³-hybridized carbons (Fsp3) is 0.500. The van der Waals surface area contributed by atoms with Crippen molar-refractivity contribution in [3.8, 4) is 0 Å². The van der Waals surface area contributed by atoms with Gasteiger partial charge in [-0.15, -0.1) is 0 Å². The monoisotopic (exact) mass is 230 g/mol. The number of hydrogen-bond donors (Lipinski definition) is 2. The van der Waals surface area contributed by atoms with Crippen LogP contribution in [-0.2, 0) is 11.2 Å². The zero-order valence-corrected chi connectivity index (χ0v) is 9.91. The van der Waals surface area contributed by atoms with Crippen molar-refractivity contribution in [2.24, 2.45) is 0 Å². The predicted molar refractivity (Wildman–Crippen MR) is 66.9 cm³/mol. The lowest BCUT2D eigenvalue weighted by atomic mass is 9.77. The Kier molecular flexibility index (Phi) is 2.85. The molecular weight excluding hydrogens is 212 g/mol. The van der Waals surface area contributed by atoms with Crippen molar-refractivity contribution in [2.75, 3.05) is 13.1 Å². The first-order chi connectivity index (χ1) is 8.34. The van der Waals surface area contributed by atoms with E-state index in [0.717, 1.165) is 25.6 Å². The van der Waals surface area contributed by atoms with Gasteiger partial charge in [0.2, 0.25) is 5.91 Å². The Morgan fingerprint density at radius 2 is 2.06 bits per heavy atom. The van der Waals surface area contributed by atoms with Gasteiger partial charge in [0.1, 0.15) is 0 Å². The average Bonchev–Trinajstić information content (AvgIpc) is 3.10. The second-order valence-corrected chi connectivity index (χ2v) is 4.97. The molecule has 0 aliphatic heterocycles. The molecule has 0 saturated heterocycles. The molecule has 0 bridgehead atoms. The summed E-state index contributed by atoms with van der Waals surface area (Å²) in [6.45, 7) is 1.64. The maximum Gasteiger partial charge on any atom is 0.227 e. The summed E-state index contributed by atoms with van der Waals surface area (Å²) in [5.41, 5.74) is 2.53. The molecule has 1 unspecified atom stereocenters. The Morgan fingerprint density at radius 3 is 2.82 bits per heavy atom. The molecule has 2 aliphatic carbocycles. The predicted octanol–water partition coefficient (Wildman–Crippen LogP) is 1.19. The van der Waals surface area contributed by atoms with Gasteiger partial charge in [-0.25, -0.2) is 0 Å². The van der Waals surface area contributed by atoms with E-state index in [1.807, 2.05) is 12.1 Å². The van der Waals surface area contributed by atoms with Crippen LogP contribution in [0, 0.1) is 0 Å². The van der Waals surface area contributed by atoms with E-state index in [-0.39, 0.29) is 11.8 Å². The van der Waals surface area contributed by atoms with E-state index in [2.05, 4.69) is 22.8 Å². The van der Waals surface area contributed by atoms with Gasteiger partial charge >= 0.3 is 0 Å². The molecule has 1 saturated carbocycles. The maximum absolute atomic E-state index is 11.9. The van der Waals surface area contributed by atoms with E-state index < -0.39 is 0 Å². The molecule has 1 fully saturated rings. The molecule has 0 radical (unpaired) electrons. The number of amides is 1. The van der Waals surface area contributed by atoms with Crippen molar-refractivity contribution < 1.29 is 4.79 Å². The Morgan fingerprint density at radius 1 is 1.24 bits per heavy atom. The summed E-state index contributed by atoms with van der Waals surface area (Å²) >= 11 is 0. The van der Waals surface area contributed by atoms with Crippen LogP contribution in [0.15, 0.2) is 24.3 Å². The van der Waals surface area contributed by atoms with Crippen molar-refractivity contribution in [2.45, 2.75) is 31.2 Å². The van der Waals surface area contributed by atoms with Gasteiger partial charge in [0.25, 0.3) is 0 Å². The highest BCUT2D eigenvalue weighted by Gasteiger charge is 2.31. The fourth-order valence-electron chi connectivity index (χ4n) is 2.37. The summed E-state index contributed by atoms with van der Waals surface area (Å²) in [4.78, 5) is 11.9. The van der Waals surface area contributed by atoms with E-state index in [0.29, 0.717) is 0 Å². The van der Waals surface area contributed by atoms with Gasteiger partial charge in [0.05, 0.1) is 5.92 Å². The summed E-state index contributed by atoms with van der Waals surface area (Å²) in [6.07, 6.45) is 3.49. The number of rotatable bonds is 5. The summed E-state index contributed by atoms with van der Waals surface area (Å²) in [5, 5.41) is 6.40. The normalized spacial score (nSPS) is 21.5. The Labute approximate surface area is 102 Å². The van der Waals surface area contributed by atoms with Crippen LogP contribution in [-0.4, -0.2) is 25.0 Å². The van der Waals surface area contributed by atoms with Crippen LogP contribution in [0.1, 0.15) is 29.9 Å². The molecule has 0 heterocycles. The van der Waals surface area contributed by atoms with E-state index in [9.17, 15) is 4.79 Å². The minimum atomic E-state index is 0.0899. The molecule has 90 valence electrons. The van der Waals surface area contributed by atoms with E-state index in [1.165, 1.54) is 24.0 Å². The van der Waals surface area contributed by atoms with Crippen molar-refractivity contribution >= 4 is 5.91 Å². The third kappa shape index (κ3) is 2.34. The zero-order chi connectivity index (χ0) is 11.7. The molecule has 1 aromatic carbocycles. The molecule has 17 heavy (non-hydrogen) atoms. The molecule has 3 heteroatoms. The number of carbonyl (C=O) groups excluding carboxylic acids is 1. The fourth-order valence-corrected chi connectivity index (χ4v) is 2.37. The number of benzene rings is 1. The topological polar surface area (TPSA) is 41.1 Å². The molecule has 1 atom stereocenters. The first-order valence-corrected chi connectivity index (χ1v) is 6.43. The first-order valence-electron chi connectivity index (χ1n) is 6.43. The maximum atomic E-state index is 11.9. The molecule has 0 aromatic heterocycles. The van der Waals surface area contributed by atoms with Crippen LogP contribution in [0.5, 0.6) is 0 Å². The second kappa shape index (κ2) is 4.49. The molecule has 0 spiro atoms. The Balaban J connectivity index is 1.44. The van der Waals surface area contributed by atoms with Crippen LogP contribution >= 0.6 is 0 Å². The number of nitrogens with one attached hydrogen (secondary N) is 2. The standard InChI is InChI=1S/C14H18N2O/c17-14(16-8-7-15-11-5-6-11)13-9-10-3-1-2-4-12(10)13/h1-4,11,13,15H,5-9H2,(H,16,17). The van der Waals surface area contributed by atoms with Crippen molar-refractivity contribution in [3.63, 3.8) is 0 Å². The van der Waals surface area contributed by atoms with Gasteiger partial charge in [-0.3, -0.25) is 4.79 Å². The highest BCUT2D eigenvalue weighted by Crippen LogP contribution is 2.34. The van der Waals surface area contributed by atoms with Gasteiger partial charge in [0.15, 0.2) is 0 Å². The minimum absolute atomic E-state index is 0.0899. The summed E-state index contributed by atoms with van der Waals surface area (Å²) < 4.78 is 0. The lowest BCUT2D eigenvalue weighted by Gasteiger charge is -2.28. The molecule has 3 nitrogen and oxygen atoms in total. The second-order valence-electron chi connectivity index (χ2n) is 4.97. The summed E-state index contributed by atoms with van der Waals surface area (Å²) in [5.74, 6) is 0.272. The van der Waals surface area contributed by atoms with Crippen LogP contribution < -0.4 is 10.6 Å². The molecule has 2 N–H and O–H groups in total. The van der Waals surface area contributed by atoms with E-state index in [1.54, 1.807) is 0 Å². The summed E-state index contributed by atoms with van der Waals surface area (Å²) in [6, 6.07) is 8.93. The van der Waals surface area contributed by atoms with Crippen molar-refractivity contribution in [3.05, 3.63) is 35.4 Å². The molecular formula is C14H18N2O. The highest BCUT2D eigenvalue weighted by atomic mass is 16.1. The lowest BCUT2D eigenvalue weighted by Crippen LogP contribution is -2.39. The third-order valence-corrected chi connectivity index (χ3v) is 3.61. The van der Waals surface area contributed by atoms with E-state index >= 15 is 0 Å². The molecule has 3 rings (SSSR count). The Bertz CT molecular complexity index is 426. The van der Waals surface area contributed by atoms with Crippen LogP contribution in [0.2, 0.25) is 0 Å². The molecule has 1 aromatic rings. The highest BCUT2D eigenvalue weighted by molar-refractivity contribution is 5.86. The van der Waals surface area contributed by atoms with Gasteiger partial charge in [0, 0.05) is 19.1 Å². The largest absolute Gasteiger partial charge is 0.354 e. The number of carbonyl (C=O) groups is 1. The molecule has 2 aliphatic rings. The minimum Gasteiger partial charge on any atom is -0.354 e. The van der Waals surface area contributed by atoms with Crippen LogP contribution in [0.25, 0.3) is 0 Å². The SMILES string of the molecule is O=C(NCCNC1CC1)C1Cc2ccccc21. The van der Waals surface area contributed by atoms with Crippen molar-refractivity contribution in [1.82, 2.24) is 10.6 Å². The number of fused-ring (bicyclic) bond motifs is 1. The van der Waals surface area contributed by atoms with Gasteiger partial charge < -0.3 is 10.6 Å². The quantitative estimate of drug-likeness (QED) is 0.746. The zero-order valence-electron chi connectivity index (χ0n) is 9.91. The molecule has 1 amide bonds. The van der Waals surface area contributed by atoms with Gasteiger partial charge in [-0.2, -0.15) is 0 Å². The van der Waals surface area contributed by atoms with Crippen LogP contribution in [0.4, 0.5) is 0 Å². The number of hydrogen-bond acceptors (Lipinski definition) is 2. The first kappa shape index (κ1) is 10.8. The van der Waals surface area contributed by atoms with Crippen LogP contribution in [0.3, 0.4) is 0 Å². The van der Waals surface area contributed by atoms with E-state index in [4.69, 9.17) is 0 Å². The Hall–Kier alpha value is -1.35. The van der Waals surface area contributed by atoms with Crippen molar-refractivity contribution in [1.29, 1.82) is 0 Å². The average molecular weight is 230 g/mol. The summed E-state index contributed by atoms with van der Waals surface area (Å²) in [7, 11) is 0.